The summed E-state index contributed by atoms with van der Waals surface area (Å²) in [5, 5.41) is 0. The minimum Gasteiger partial charge on any atom is -0.273 e. The molecule has 0 N–H and O–H groups in total. The van der Waals surface area contributed by atoms with Crippen molar-refractivity contribution in [3.05, 3.63) is 47.1 Å². The molecule has 2 aliphatic carbocycles. The summed E-state index contributed by atoms with van der Waals surface area (Å²) in [4.78, 5) is 0. The molecule has 0 radical (unpaired) electrons. The SMILES string of the molecule is CC1=[C-]C(C)C(C)=C1C.C[C](C)=[Zr+2].[C-]1=CC=CC1. The first kappa shape index (κ1) is 17.7. The molecule has 0 fully saturated rings. The van der Waals surface area contributed by atoms with E-state index in [1.165, 1.54) is 19.9 Å². The Balaban J connectivity index is 0.000000272. The van der Waals surface area contributed by atoms with Crippen molar-refractivity contribution >= 4 is 3.21 Å². The van der Waals surface area contributed by atoms with Gasteiger partial charge in [0.15, 0.2) is 0 Å². The maximum atomic E-state index is 3.36. The third-order valence-corrected chi connectivity index (χ3v) is 2.82. The van der Waals surface area contributed by atoms with Crippen LogP contribution in [0.25, 0.3) is 0 Å². The quantitative estimate of drug-likeness (QED) is 0.564. The fraction of sp³-hybridized carbons (Fsp3) is 0.471. The maximum Gasteiger partial charge on any atom is -0.109 e. The average Bonchev–Trinajstić information content (AvgIpc) is 2.89. The third-order valence-electron chi connectivity index (χ3n) is 2.82. The largest absolute Gasteiger partial charge is 0.273 e. The molecule has 0 heterocycles. The van der Waals surface area contributed by atoms with E-state index in [0.717, 1.165) is 6.42 Å². The Morgan fingerprint density at radius 2 is 1.83 bits per heavy atom. The van der Waals surface area contributed by atoms with Crippen LogP contribution in [0.1, 0.15) is 48.0 Å². The monoisotopic (exact) mass is 318 g/mol. The summed E-state index contributed by atoms with van der Waals surface area (Å²) >= 11 is 1.55. The summed E-state index contributed by atoms with van der Waals surface area (Å²) in [6, 6.07) is 0. The molecule has 0 amide bonds. The predicted molar refractivity (Wildman–Crippen MR) is 77.9 cm³/mol. The van der Waals surface area contributed by atoms with E-state index in [0.29, 0.717) is 5.92 Å². The van der Waals surface area contributed by atoms with Gasteiger partial charge in [-0.1, -0.05) is 26.7 Å². The van der Waals surface area contributed by atoms with Crippen LogP contribution in [0.3, 0.4) is 0 Å². The number of rotatable bonds is 0. The number of hydrogen-bond donors (Lipinski definition) is 0. The number of allylic oxidation sites excluding steroid dienone is 8. The minimum atomic E-state index is 0.560. The van der Waals surface area contributed by atoms with Crippen LogP contribution in [0.5, 0.6) is 0 Å². The van der Waals surface area contributed by atoms with Gasteiger partial charge in [-0.2, -0.15) is 17.2 Å². The molecule has 1 atom stereocenters. The Bertz CT molecular complexity index is 378. The van der Waals surface area contributed by atoms with E-state index in [-0.39, 0.29) is 0 Å². The summed E-state index contributed by atoms with van der Waals surface area (Å²) < 4.78 is 1.51. The average molecular weight is 320 g/mol. The smallest absolute Gasteiger partial charge is 0.109 e. The molecule has 1 unspecified atom stereocenters. The first-order chi connectivity index (χ1) is 8.36. The summed E-state index contributed by atoms with van der Waals surface area (Å²) in [5.41, 5.74) is 4.25. The molecule has 0 saturated heterocycles. The molecule has 1 heteroatoms. The van der Waals surface area contributed by atoms with E-state index < -0.39 is 0 Å². The zero-order chi connectivity index (χ0) is 14.1. The van der Waals surface area contributed by atoms with Crippen LogP contribution in [0.4, 0.5) is 0 Å². The van der Waals surface area contributed by atoms with Crippen LogP contribution >= 0.6 is 0 Å². The van der Waals surface area contributed by atoms with E-state index in [1.807, 2.05) is 12.2 Å². The van der Waals surface area contributed by atoms with Crippen LogP contribution < -0.4 is 0 Å². The molecule has 0 saturated carbocycles. The van der Waals surface area contributed by atoms with Crippen molar-refractivity contribution in [3.8, 4) is 0 Å². The normalized spacial score (nSPS) is 20.0. The molecular formula is C17H24Zr. The van der Waals surface area contributed by atoms with Gasteiger partial charge in [0.1, 0.15) is 0 Å². The Morgan fingerprint density at radius 3 is 1.94 bits per heavy atom. The maximum absolute atomic E-state index is 3.36. The zero-order valence-corrected chi connectivity index (χ0v) is 15.0. The molecule has 0 aromatic carbocycles. The van der Waals surface area contributed by atoms with E-state index in [4.69, 9.17) is 0 Å². The van der Waals surface area contributed by atoms with Crippen molar-refractivity contribution in [2.24, 2.45) is 5.92 Å². The van der Waals surface area contributed by atoms with Gasteiger partial charge in [-0.05, 0) is 0 Å². The van der Waals surface area contributed by atoms with Gasteiger partial charge in [-0.25, -0.2) is 17.7 Å². The van der Waals surface area contributed by atoms with Crippen molar-refractivity contribution in [3.63, 3.8) is 0 Å². The van der Waals surface area contributed by atoms with Gasteiger partial charge in [-0.15, -0.1) is 13.3 Å². The summed E-state index contributed by atoms with van der Waals surface area (Å²) in [5.74, 6) is 0.560. The van der Waals surface area contributed by atoms with Crippen LogP contribution in [-0.2, 0) is 24.2 Å². The van der Waals surface area contributed by atoms with E-state index in [2.05, 4.69) is 59.8 Å². The van der Waals surface area contributed by atoms with Crippen molar-refractivity contribution in [1.82, 2.24) is 0 Å². The minimum absolute atomic E-state index is 0.560. The van der Waals surface area contributed by atoms with Gasteiger partial charge in [0, 0.05) is 0 Å². The standard InChI is InChI=1S/C9H13.C5H5.C3H6.Zr/c1-6-5-7(2)9(4)8(6)3;1-2-4-5-3-1;1-3-2;/h6H,1-4H3;1-3H,4H2;1-2H3;/q2*-1;;+2. The zero-order valence-electron chi connectivity index (χ0n) is 12.5. The van der Waals surface area contributed by atoms with Crippen molar-refractivity contribution in [2.45, 2.75) is 48.0 Å². The Hall–Kier alpha value is -0.287. The first-order valence-corrected chi connectivity index (χ1v) is 7.60. The Kier molecular flexibility index (Phi) is 9.46. The fourth-order valence-electron chi connectivity index (χ4n) is 1.50. The molecule has 0 spiro atoms. The predicted octanol–water partition coefficient (Wildman–Crippen LogP) is 4.77. The van der Waals surface area contributed by atoms with E-state index >= 15 is 0 Å². The summed E-state index contributed by atoms with van der Waals surface area (Å²) in [6.07, 6.45) is 13.4. The molecule has 0 aromatic rings. The molecular weight excluding hydrogens is 295 g/mol. The van der Waals surface area contributed by atoms with Crippen molar-refractivity contribution in [2.75, 3.05) is 0 Å². The van der Waals surface area contributed by atoms with Gasteiger partial charge in [-0.3, -0.25) is 12.2 Å². The van der Waals surface area contributed by atoms with Crippen molar-refractivity contribution < 1.29 is 24.2 Å². The number of hydrogen-bond acceptors (Lipinski definition) is 0. The van der Waals surface area contributed by atoms with Gasteiger partial charge >= 0.3 is 41.3 Å². The molecule has 2 rings (SSSR count). The molecule has 0 aliphatic heterocycles. The molecule has 2 aliphatic rings. The second-order valence-corrected chi connectivity index (χ2v) is 7.26. The third kappa shape index (κ3) is 7.93. The second kappa shape index (κ2) is 9.62. The van der Waals surface area contributed by atoms with Crippen LogP contribution in [0.2, 0.25) is 0 Å². The van der Waals surface area contributed by atoms with Crippen LogP contribution in [0, 0.1) is 18.1 Å². The van der Waals surface area contributed by atoms with E-state index in [9.17, 15) is 0 Å². The Labute approximate surface area is 128 Å². The second-order valence-electron chi connectivity index (χ2n) is 4.80. The fourth-order valence-corrected chi connectivity index (χ4v) is 1.50. The van der Waals surface area contributed by atoms with Gasteiger partial charge in [0.2, 0.25) is 0 Å². The van der Waals surface area contributed by atoms with Gasteiger partial charge in [0.25, 0.3) is 0 Å². The summed E-state index contributed by atoms with van der Waals surface area (Å²) in [6.45, 7) is 12.9. The van der Waals surface area contributed by atoms with E-state index in [1.54, 1.807) is 24.2 Å². The molecule has 18 heavy (non-hydrogen) atoms. The topological polar surface area (TPSA) is 0 Å². The van der Waals surface area contributed by atoms with Gasteiger partial charge in [0.05, 0.1) is 0 Å². The molecule has 0 nitrogen and oxygen atoms in total. The van der Waals surface area contributed by atoms with Crippen LogP contribution in [-0.4, -0.2) is 3.21 Å². The van der Waals surface area contributed by atoms with Gasteiger partial charge < -0.3 is 0 Å². The summed E-state index contributed by atoms with van der Waals surface area (Å²) in [7, 11) is 0. The van der Waals surface area contributed by atoms with Crippen LogP contribution in [0.15, 0.2) is 34.9 Å². The first-order valence-electron chi connectivity index (χ1n) is 6.37. The molecule has 0 aromatic heterocycles. The molecule has 0 bridgehead atoms. The Morgan fingerprint density at radius 1 is 1.28 bits per heavy atom. The van der Waals surface area contributed by atoms with Crippen molar-refractivity contribution in [1.29, 1.82) is 0 Å². The molecule has 96 valence electrons.